The van der Waals surface area contributed by atoms with Crippen molar-refractivity contribution in [2.45, 2.75) is 6.92 Å². The molecule has 0 saturated carbocycles. The number of nitrogens with one attached hydrogen (secondary N) is 2. The van der Waals surface area contributed by atoms with Crippen molar-refractivity contribution in [3.05, 3.63) is 83.4 Å². The SMILES string of the molecule is CC(=CC(=O)Nc1cc(C(=O)NCC(=O)O)ccc1C(=O)O)c1ccc2ccccc2c1. The van der Waals surface area contributed by atoms with Crippen molar-refractivity contribution in [2.75, 3.05) is 11.9 Å². The Morgan fingerprint density at radius 3 is 2.25 bits per heavy atom. The van der Waals surface area contributed by atoms with Gasteiger partial charge < -0.3 is 20.8 Å². The topological polar surface area (TPSA) is 133 Å². The monoisotopic (exact) mass is 432 g/mol. The summed E-state index contributed by atoms with van der Waals surface area (Å²) in [5, 5.41) is 24.8. The minimum atomic E-state index is -1.28. The van der Waals surface area contributed by atoms with E-state index < -0.39 is 30.3 Å². The van der Waals surface area contributed by atoms with Gasteiger partial charge in [-0.2, -0.15) is 0 Å². The minimum Gasteiger partial charge on any atom is -0.480 e. The molecule has 0 aliphatic rings. The van der Waals surface area contributed by atoms with Gasteiger partial charge in [0, 0.05) is 11.6 Å². The lowest BCUT2D eigenvalue weighted by molar-refractivity contribution is -0.135. The number of carboxylic acids is 2. The fraction of sp³-hybridized carbons (Fsp3) is 0.0833. The lowest BCUT2D eigenvalue weighted by atomic mass is 10.0. The third-order valence-corrected chi connectivity index (χ3v) is 4.72. The molecule has 3 aromatic rings. The van der Waals surface area contributed by atoms with Gasteiger partial charge >= 0.3 is 11.9 Å². The van der Waals surface area contributed by atoms with Crippen molar-refractivity contribution < 1.29 is 29.4 Å². The number of allylic oxidation sites excluding steroid dienone is 1. The van der Waals surface area contributed by atoms with E-state index in [0.717, 1.165) is 16.3 Å². The highest BCUT2D eigenvalue weighted by Crippen LogP contribution is 2.22. The van der Waals surface area contributed by atoms with Crippen LogP contribution in [-0.4, -0.2) is 40.5 Å². The van der Waals surface area contributed by atoms with Crippen LogP contribution in [0.2, 0.25) is 0 Å². The average Bonchev–Trinajstić information content (AvgIpc) is 2.76. The molecule has 0 aliphatic heterocycles. The van der Waals surface area contributed by atoms with Gasteiger partial charge in [0.2, 0.25) is 5.91 Å². The van der Waals surface area contributed by atoms with Crippen LogP contribution < -0.4 is 10.6 Å². The number of aromatic carboxylic acids is 1. The summed E-state index contributed by atoms with van der Waals surface area (Å²) in [6.07, 6.45) is 1.34. The molecule has 3 rings (SSSR count). The summed E-state index contributed by atoms with van der Waals surface area (Å²) in [4.78, 5) is 46.8. The Labute approximate surface area is 183 Å². The lowest BCUT2D eigenvalue weighted by Crippen LogP contribution is -2.29. The molecule has 0 radical (unpaired) electrons. The highest BCUT2D eigenvalue weighted by Gasteiger charge is 2.16. The van der Waals surface area contributed by atoms with Crippen molar-refractivity contribution in [3.63, 3.8) is 0 Å². The molecule has 0 saturated heterocycles. The summed E-state index contributed by atoms with van der Waals surface area (Å²) < 4.78 is 0. The molecule has 0 aliphatic carbocycles. The van der Waals surface area contributed by atoms with E-state index >= 15 is 0 Å². The van der Waals surface area contributed by atoms with Gasteiger partial charge in [-0.25, -0.2) is 4.79 Å². The summed E-state index contributed by atoms with van der Waals surface area (Å²) in [6.45, 7) is 1.17. The first-order chi connectivity index (χ1) is 15.2. The largest absolute Gasteiger partial charge is 0.480 e. The fourth-order valence-corrected chi connectivity index (χ4v) is 3.12. The molecule has 3 aromatic carbocycles. The van der Waals surface area contributed by atoms with Crippen LogP contribution in [0.4, 0.5) is 5.69 Å². The molecule has 0 atom stereocenters. The smallest absolute Gasteiger partial charge is 0.337 e. The molecule has 162 valence electrons. The first kappa shape index (κ1) is 22.2. The van der Waals surface area contributed by atoms with E-state index in [2.05, 4.69) is 10.6 Å². The lowest BCUT2D eigenvalue weighted by Gasteiger charge is -2.10. The normalized spacial score (nSPS) is 11.1. The van der Waals surface area contributed by atoms with Gasteiger partial charge in [-0.1, -0.05) is 36.4 Å². The van der Waals surface area contributed by atoms with E-state index in [1.807, 2.05) is 42.5 Å². The number of anilines is 1. The van der Waals surface area contributed by atoms with Crippen LogP contribution in [0.5, 0.6) is 0 Å². The molecule has 0 bridgehead atoms. The Kier molecular flexibility index (Phi) is 6.65. The van der Waals surface area contributed by atoms with Crippen molar-refractivity contribution >= 4 is 45.8 Å². The van der Waals surface area contributed by atoms with Gasteiger partial charge in [-0.05, 0) is 53.1 Å². The second kappa shape index (κ2) is 9.57. The molecular weight excluding hydrogens is 412 g/mol. The van der Waals surface area contributed by atoms with Crippen molar-refractivity contribution in [1.82, 2.24) is 5.32 Å². The van der Waals surface area contributed by atoms with Gasteiger partial charge in [-0.15, -0.1) is 0 Å². The molecule has 0 fully saturated rings. The van der Waals surface area contributed by atoms with Crippen LogP contribution in [0.25, 0.3) is 16.3 Å². The number of hydrogen-bond donors (Lipinski definition) is 4. The van der Waals surface area contributed by atoms with E-state index in [1.54, 1.807) is 6.92 Å². The molecule has 8 nitrogen and oxygen atoms in total. The van der Waals surface area contributed by atoms with Gasteiger partial charge in [0.05, 0.1) is 11.3 Å². The second-order valence-corrected chi connectivity index (χ2v) is 7.02. The van der Waals surface area contributed by atoms with Gasteiger partial charge in [0.15, 0.2) is 0 Å². The Bertz CT molecular complexity index is 1260. The maximum atomic E-state index is 12.6. The molecule has 32 heavy (non-hydrogen) atoms. The Morgan fingerprint density at radius 2 is 1.56 bits per heavy atom. The minimum absolute atomic E-state index is 0.0155. The summed E-state index contributed by atoms with van der Waals surface area (Å²) >= 11 is 0. The van der Waals surface area contributed by atoms with Gasteiger partial charge in [-0.3, -0.25) is 14.4 Å². The number of hydrogen-bond acceptors (Lipinski definition) is 4. The first-order valence-corrected chi connectivity index (χ1v) is 9.60. The van der Waals surface area contributed by atoms with E-state index in [0.29, 0.717) is 5.57 Å². The predicted molar refractivity (Wildman–Crippen MR) is 120 cm³/mol. The summed E-state index contributed by atoms with van der Waals surface area (Å²) in [5.74, 6) is -3.78. The van der Waals surface area contributed by atoms with Crippen LogP contribution >= 0.6 is 0 Å². The quantitative estimate of drug-likeness (QED) is 0.423. The number of rotatable bonds is 7. The molecule has 8 heteroatoms. The fourth-order valence-electron chi connectivity index (χ4n) is 3.12. The van der Waals surface area contributed by atoms with Crippen LogP contribution in [0, 0.1) is 0 Å². The number of fused-ring (bicyclic) bond motifs is 1. The maximum Gasteiger partial charge on any atom is 0.337 e. The van der Waals surface area contributed by atoms with Gasteiger partial charge in [0.25, 0.3) is 5.91 Å². The van der Waals surface area contributed by atoms with Crippen LogP contribution in [0.1, 0.15) is 33.2 Å². The zero-order valence-electron chi connectivity index (χ0n) is 17.1. The van der Waals surface area contributed by atoms with Crippen molar-refractivity contribution in [3.8, 4) is 0 Å². The van der Waals surface area contributed by atoms with Crippen molar-refractivity contribution in [1.29, 1.82) is 0 Å². The van der Waals surface area contributed by atoms with E-state index in [4.69, 9.17) is 5.11 Å². The molecule has 4 N–H and O–H groups in total. The third-order valence-electron chi connectivity index (χ3n) is 4.72. The molecule has 0 spiro atoms. The summed E-state index contributed by atoms with van der Waals surface area (Å²) in [7, 11) is 0. The van der Waals surface area contributed by atoms with Crippen LogP contribution in [0.3, 0.4) is 0 Å². The predicted octanol–water partition coefficient (Wildman–Crippen LogP) is 3.39. The number of carbonyl (C=O) groups excluding carboxylic acids is 2. The molecular formula is C24H20N2O6. The van der Waals surface area contributed by atoms with Crippen molar-refractivity contribution in [2.24, 2.45) is 0 Å². The number of benzene rings is 3. The number of aliphatic carboxylic acids is 1. The Balaban J connectivity index is 1.84. The number of carbonyl (C=O) groups is 4. The highest BCUT2D eigenvalue weighted by atomic mass is 16.4. The van der Waals surface area contributed by atoms with Crippen LogP contribution in [0.15, 0.2) is 66.7 Å². The Hall–Kier alpha value is -4.46. The maximum absolute atomic E-state index is 12.6. The highest BCUT2D eigenvalue weighted by molar-refractivity contribution is 6.09. The van der Waals surface area contributed by atoms with Crippen LogP contribution in [-0.2, 0) is 9.59 Å². The molecule has 0 aromatic heterocycles. The number of carboxylic acid groups (broad SMARTS) is 2. The zero-order valence-corrected chi connectivity index (χ0v) is 17.1. The number of amides is 2. The second-order valence-electron chi connectivity index (χ2n) is 7.02. The molecule has 2 amide bonds. The molecule has 0 heterocycles. The average molecular weight is 432 g/mol. The summed E-state index contributed by atoms with van der Waals surface area (Å²) in [5.41, 5.74) is 1.24. The Morgan fingerprint density at radius 1 is 0.875 bits per heavy atom. The molecule has 0 unspecified atom stereocenters. The van der Waals surface area contributed by atoms with E-state index in [1.165, 1.54) is 24.3 Å². The third kappa shape index (κ3) is 5.37. The van der Waals surface area contributed by atoms with Gasteiger partial charge in [0.1, 0.15) is 6.54 Å². The standard InChI is InChI=1S/C24H20N2O6/c1-14(16-7-6-15-4-2-3-5-17(15)11-16)10-21(27)26-20-12-18(8-9-19(20)24(31)32)23(30)25-13-22(28)29/h2-12H,13H2,1H3,(H,25,30)(H,26,27)(H,28,29)(H,31,32). The first-order valence-electron chi connectivity index (χ1n) is 9.60. The van der Waals surface area contributed by atoms with E-state index in [-0.39, 0.29) is 16.8 Å². The summed E-state index contributed by atoms with van der Waals surface area (Å²) in [6, 6.07) is 17.2. The zero-order chi connectivity index (χ0) is 23.3. The van der Waals surface area contributed by atoms with E-state index in [9.17, 15) is 24.3 Å².